The molecule has 0 spiro atoms. The van der Waals surface area contributed by atoms with Crippen LogP contribution in [0, 0.1) is 27.7 Å². The fraction of sp³-hybridized carbons (Fsp3) is 0.200. The molecule has 2 N–H and O–H groups in total. The molecule has 0 aliphatic carbocycles. The molecular weight excluding hydrogens is 328 g/mol. The van der Waals surface area contributed by atoms with Crippen molar-refractivity contribution in [3.63, 3.8) is 0 Å². The Morgan fingerprint density at radius 2 is 1.12 bits per heavy atom. The summed E-state index contributed by atoms with van der Waals surface area (Å²) in [5, 5.41) is 7.64. The minimum Gasteiger partial charge on any atom is -0.262 e. The van der Waals surface area contributed by atoms with Gasteiger partial charge < -0.3 is 0 Å². The number of rotatable bonds is 4. The molecule has 6 nitrogen and oxygen atoms in total. The van der Waals surface area contributed by atoms with Crippen molar-refractivity contribution in [1.82, 2.24) is 10.9 Å². The average molecular weight is 350 g/mol. The van der Waals surface area contributed by atoms with Crippen molar-refractivity contribution in [3.05, 3.63) is 69.8 Å². The van der Waals surface area contributed by atoms with Gasteiger partial charge in [0.15, 0.2) is 0 Å². The van der Waals surface area contributed by atoms with E-state index in [-0.39, 0.29) is 0 Å². The van der Waals surface area contributed by atoms with E-state index in [1.54, 1.807) is 0 Å². The summed E-state index contributed by atoms with van der Waals surface area (Å²) in [6, 6.07) is 11.8. The summed E-state index contributed by atoms with van der Waals surface area (Å²) in [7, 11) is 0. The SMILES string of the molecule is Cc1ccc(C)c(/C=N/NC(=O)C(=O)N/N=C/c2cc(C)ccc2C)c1. The number of carbonyl (C=O) groups is 2. The molecule has 0 heterocycles. The summed E-state index contributed by atoms with van der Waals surface area (Å²) in [6.07, 6.45) is 3.01. The first kappa shape index (κ1) is 19.1. The number of hydrogen-bond donors (Lipinski definition) is 2. The Balaban J connectivity index is 1.90. The van der Waals surface area contributed by atoms with E-state index in [1.807, 2.05) is 64.1 Å². The van der Waals surface area contributed by atoms with Gasteiger partial charge in [-0.05, 0) is 49.9 Å². The van der Waals surface area contributed by atoms with E-state index in [4.69, 9.17) is 0 Å². The minimum atomic E-state index is -0.885. The van der Waals surface area contributed by atoms with E-state index in [0.717, 1.165) is 33.4 Å². The first-order chi connectivity index (χ1) is 12.4. The van der Waals surface area contributed by atoms with Gasteiger partial charge in [0.05, 0.1) is 12.4 Å². The Bertz CT molecular complexity index is 812. The summed E-state index contributed by atoms with van der Waals surface area (Å²) >= 11 is 0. The highest BCUT2D eigenvalue weighted by Gasteiger charge is 2.11. The highest BCUT2D eigenvalue weighted by atomic mass is 16.2. The zero-order valence-electron chi connectivity index (χ0n) is 15.3. The van der Waals surface area contributed by atoms with Gasteiger partial charge in [-0.15, -0.1) is 0 Å². The van der Waals surface area contributed by atoms with Gasteiger partial charge >= 0.3 is 11.8 Å². The van der Waals surface area contributed by atoms with Gasteiger partial charge in [-0.1, -0.05) is 47.5 Å². The van der Waals surface area contributed by atoms with Crippen molar-refractivity contribution >= 4 is 24.2 Å². The molecule has 26 heavy (non-hydrogen) atoms. The molecule has 2 amide bonds. The summed E-state index contributed by atoms with van der Waals surface area (Å²) < 4.78 is 0. The molecule has 2 rings (SSSR count). The number of benzene rings is 2. The number of hydrazone groups is 2. The fourth-order valence-electron chi connectivity index (χ4n) is 2.22. The average Bonchev–Trinajstić information content (AvgIpc) is 2.60. The van der Waals surface area contributed by atoms with Crippen LogP contribution in [0.4, 0.5) is 0 Å². The maximum atomic E-state index is 11.7. The molecule has 0 radical (unpaired) electrons. The standard InChI is InChI=1S/C20H22N4O2/c1-13-5-7-15(3)17(9-13)11-21-23-19(25)20(26)24-22-12-18-10-14(2)6-8-16(18)4/h5-12H,1-4H3,(H,23,25)(H,24,26)/b21-11+,22-12+. The first-order valence-electron chi connectivity index (χ1n) is 8.18. The fourth-order valence-corrected chi connectivity index (χ4v) is 2.22. The predicted molar refractivity (Wildman–Crippen MR) is 103 cm³/mol. The van der Waals surface area contributed by atoms with Gasteiger partial charge in [-0.3, -0.25) is 9.59 Å². The van der Waals surface area contributed by atoms with Gasteiger partial charge in [0, 0.05) is 0 Å². The molecule has 2 aromatic rings. The second kappa shape index (κ2) is 8.71. The molecule has 0 saturated heterocycles. The molecule has 0 unspecified atom stereocenters. The highest BCUT2D eigenvalue weighted by molar-refractivity contribution is 6.35. The summed E-state index contributed by atoms with van der Waals surface area (Å²) in [4.78, 5) is 23.5. The van der Waals surface area contributed by atoms with Crippen LogP contribution in [-0.4, -0.2) is 24.2 Å². The lowest BCUT2D eigenvalue weighted by molar-refractivity contribution is -0.139. The molecule has 0 fully saturated rings. The monoisotopic (exact) mass is 350 g/mol. The van der Waals surface area contributed by atoms with E-state index in [2.05, 4.69) is 21.1 Å². The van der Waals surface area contributed by atoms with Crippen molar-refractivity contribution in [3.8, 4) is 0 Å². The van der Waals surface area contributed by atoms with Crippen LogP contribution in [-0.2, 0) is 9.59 Å². The second-order valence-corrected chi connectivity index (χ2v) is 6.12. The molecule has 0 aliphatic heterocycles. The zero-order valence-corrected chi connectivity index (χ0v) is 15.3. The maximum Gasteiger partial charge on any atom is 0.331 e. The van der Waals surface area contributed by atoms with Gasteiger partial charge in [-0.2, -0.15) is 10.2 Å². The molecule has 0 bridgehead atoms. The molecule has 134 valence electrons. The van der Waals surface area contributed by atoms with Crippen LogP contribution >= 0.6 is 0 Å². The van der Waals surface area contributed by atoms with Crippen molar-refractivity contribution in [2.45, 2.75) is 27.7 Å². The third kappa shape index (κ3) is 5.37. The van der Waals surface area contributed by atoms with E-state index in [1.165, 1.54) is 12.4 Å². The van der Waals surface area contributed by atoms with Gasteiger partial charge in [0.2, 0.25) is 0 Å². The number of amides is 2. The lowest BCUT2D eigenvalue weighted by Crippen LogP contribution is -2.35. The Hall–Kier alpha value is -3.28. The van der Waals surface area contributed by atoms with Crippen LogP contribution in [0.25, 0.3) is 0 Å². The normalized spacial score (nSPS) is 11.1. The molecule has 0 aromatic heterocycles. The van der Waals surface area contributed by atoms with Gasteiger partial charge in [0.25, 0.3) is 0 Å². The van der Waals surface area contributed by atoms with Crippen LogP contribution in [0.2, 0.25) is 0 Å². The number of nitrogens with zero attached hydrogens (tertiary/aromatic N) is 2. The second-order valence-electron chi connectivity index (χ2n) is 6.12. The smallest absolute Gasteiger partial charge is 0.262 e. The number of nitrogens with one attached hydrogen (secondary N) is 2. The third-order valence-electron chi connectivity index (χ3n) is 3.82. The van der Waals surface area contributed by atoms with Crippen LogP contribution in [0.5, 0.6) is 0 Å². The Morgan fingerprint density at radius 1 is 0.731 bits per heavy atom. The van der Waals surface area contributed by atoms with Crippen LogP contribution in [0.15, 0.2) is 46.6 Å². The topological polar surface area (TPSA) is 82.9 Å². The Kier molecular flexibility index (Phi) is 6.38. The van der Waals surface area contributed by atoms with Crippen molar-refractivity contribution < 1.29 is 9.59 Å². The third-order valence-corrected chi connectivity index (χ3v) is 3.82. The van der Waals surface area contributed by atoms with Crippen LogP contribution in [0.1, 0.15) is 33.4 Å². The van der Waals surface area contributed by atoms with E-state index in [9.17, 15) is 9.59 Å². The zero-order chi connectivity index (χ0) is 19.1. The quantitative estimate of drug-likeness (QED) is 0.505. The first-order valence-corrected chi connectivity index (χ1v) is 8.18. The van der Waals surface area contributed by atoms with Crippen molar-refractivity contribution in [1.29, 1.82) is 0 Å². The lowest BCUT2D eigenvalue weighted by atomic mass is 10.1. The number of aryl methyl sites for hydroxylation is 4. The number of carbonyl (C=O) groups excluding carboxylic acids is 2. The van der Waals surface area contributed by atoms with Crippen molar-refractivity contribution in [2.75, 3.05) is 0 Å². The summed E-state index contributed by atoms with van der Waals surface area (Å²) in [6.45, 7) is 7.82. The van der Waals surface area contributed by atoms with Crippen LogP contribution < -0.4 is 10.9 Å². The minimum absolute atomic E-state index is 0.874. The van der Waals surface area contributed by atoms with Gasteiger partial charge in [-0.25, -0.2) is 10.9 Å². The van der Waals surface area contributed by atoms with Crippen molar-refractivity contribution in [2.24, 2.45) is 10.2 Å². The van der Waals surface area contributed by atoms with E-state index in [0.29, 0.717) is 0 Å². The largest absolute Gasteiger partial charge is 0.331 e. The Labute approximate surface area is 153 Å². The Morgan fingerprint density at radius 3 is 1.50 bits per heavy atom. The molecule has 6 heteroatoms. The van der Waals surface area contributed by atoms with Crippen LogP contribution in [0.3, 0.4) is 0 Å². The number of hydrogen-bond acceptors (Lipinski definition) is 4. The van der Waals surface area contributed by atoms with Gasteiger partial charge in [0.1, 0.15) is 0 Å². The summed E-state index contributed by atoms with van der Waals surface area (Å²) in [5.74, 6) is -1.77. The summed E-state index contributed by atoms with van der Waals surface area (Å²) in [5.41, 5.74) is 10.3. The predicted octanol–water partition coefficient (Wildman–Crippen LogP) is 2.52. The lowest BCUT2D eigenvalue weighted by Gasteiger charge is -2.02. The van der Waals surface area contributed by atoms with E-state index < -0.39 is 11.8 Å². The molecular formula is C20H22N4O2. The molecule has 0 saturated carbocycles. The molecule has 2 aromatic carbocycles. The maximum absolute atomic E-state index is 11.7. The molecule has 0 atom stereocenters. The van der Waals surface area contributed by atoms with E-state index >= 15 is 0 Å². The highest BCUT2D eigenvalue weighted by Crippen LogP contribution is 2.08. The molecule has 0 aliphatic rings.